The molecule has 4 aromatic rings. The number of alkyl halides is 1. The summed E-state index contributed by atoms with van der Waals surface area (Å²) >= 11 is 9.83. The number of H-pyrrole nitrogens is 1. The van der Waals surface area contributed by atoms with Crippen LogP contribution in [0.4, 0.5) is 16.2 Å². The predicted octanol–water partition coefficient (Wildman–Crippen LogP) is -1.88. The fourth-order valence-corrected chi connectivity index (χ4v) is 7.07. The number of aliphatic hydroxyl groups excluding tert-OH is 2. The molecule has 9 N–H and O–H groups in total. The third-order valence-electron chi connectivity index (χ3n) is 7.39. The summed E-state index contributed by atoms with van der Waals surface area (Å²) in [4.78, 5) is 55.2. The highest BCUT2D eigenvalue weighted by Gasteiger charge is 2.56. The van der Waals surface area contributed by atoms with Crippen LogP contribution in [-0.2, 0) is 46.7 Å². The van der Waals surface area contributed by atoms with E-state index in [1.54, 1.807) is 0 Å². The normalized spacial score (nSPS) is 31.3. The van der Waals surface area contributed by atoms with Crippen LogP contribution in [0.5, 0.6) is 0 Å². The molecule has 2 aliphatic heterocycles. The summed E-state index contributed by atoms with van der Waals surface area (Å²) in [6.45, 7) is -5.86. The second-order valence-electron chi connectivity index (χ2n) is 10.2. The Hall–Kier alpha value is -3.07. The number of ether oxygens (including phenoxy) is 2. The van der Waals surface area contributed by atoms with Crippen molar-refractivity contribution >= 4 is 71.6 Å². The highest BCUT2D eigenvalue weighted by molar-refractivity contribution is 8.07. The van der Waals surface area contributed by atoms with Crippen molar-refractivity contribution in [3.63, 3.8) is 0 Å². The SMILES string of the molecule is C#C[C@]1(COP(O)(=S)O[C@@H]2[C@@H](F)[C@@H](CO[PH](O)=S)O[C@H]2n2cnc3c(=O)[nH]c(N)nc32)O[C@@H](n2cnc3c(N)ncnc32)[C@H](O)[C@@H]1O. The maximum absolute atomic E-state index is 15.9. The quantitative estimate of drug-likeness (QED) is 0.0693. The number of anilines is 2. The Kier molecular flexibility index (Phi) is 9.18. The molecule has 4 aromatic heterocycles. The van der Waals surface area contributed by atoms with E-state index in [0.717, 1.165) is 17.2 Å². The summed E-state index contributed by atoms with van der Waals surface area (Å²) in [5.41, 5.74) is 8.78. The fourth-order valence-electron chi connectivity index (χ4n) is 5.15. The zero-order valence-electron chi connectivity index (χ0n) is 23.4. The Bertz CT molecular complexity index is 2010. The van der Waals surface area contributed by atoms with Crippen LogP contribution in [0.2, 0.25) is 0 Å². The van der Waals surface area contributed by atoms with Gasteiger partial charge in [-0.3, -0.25) is 23.4 Å². The molecule has 0 spiro atoms. The number of hydrogen-bond acceptors (Lipinski definition) is 17. The molecule has 0 radical (unpaired) electrons. The molecule has 2 fully saturated rings. The number of nitrogens with one attached hydrogen (secondary N) is 1. The molecule has 10 atom stereocenters. The van der Waals surface area contributed by atoms with Crippen molar-refractivity contribution in [2.24, 2.45) is 0 Å². The van der Waals surface area contributed by atoms with Gasteiger partial charge in [0.05, 0.1) is 25.9 Å². The first-order valence-electron chi connectivity index (χ1n) is 13.2. The summed E-state index contributed by atoms with van der Waals surface area (Å²) in [5, 5.41) is 21.9. The van der Waals surface area contributed by atoms with E-state index >= 15 is 4.39 Å². The molecular formula is C22H25FN10O10P2S2. The third-order valence-corrected chi connectivity index (χ3v) is 9.69. The smallest absolute Gasteiger partial charge is 0.325 e. The number of nitrogens with two attached hydrogens (primary N) is 2. The first-order valence-corrected chi connectivity index (χ1v) is 18.3. The first-order chi connectivity index (χ1) is 22.2. The topological polar surface area (TPSA) is 286 Å². The van der Waals surface area contributed by atoms with Crippen molar-refractivity contribution in [3.05, 3.63) is 29.3 Å². The van der Waals surface area contributed by atoms with Gasteiger partial charge >= 0.3 is 6.72 Å². The monoisotopic (exact) mass is 734 g/mol. The lowest BCUT2D eigenvalue weighted by atomic mass is 9.97. The molecule has 0 saturated carbocycles. The molecule has 252 valence electrons. The summed E-state index contributed by atoms with van der Waals surface area (Å²) in [6, 6.07) is 0. The Morgan fingerprint density at radius 3 is 2.60 bits per heavy atom. The van der Waals surface area contributed by atoms with Crippen LogP contribution in [0.15, 0.2) is 23.8 Å². The molecule has 6 rings (SSSR count). The number of halogens is 1. The van der Waals surface area contributed by atoms with Crippen molar-refractivity contribution < 1.29 is 47.4 Å². The largest absolute Gasteiger partial charge is 0.386 e. The van der Waals surface area contributed by atoms with Gasteiger partial charge in [-0.2, -0.15) is 4.98 Å². The summed E-state index contributed by atoms with van der Waals surface area (Å²) in [7, 11) is -2.67. The summed E-state index contributed by atoms with van der Waals surface area (Å²) in [5.74, 6) is 2.00. The predicted molar refractivity (Wildman–Crippen MR) is 166 cm³/mol. The number of aromatic amines is 1. The van der Waals surface area contributed by atoms with E-state index in [4.69, 9.17) is 52.7 Å². The lowest BCUT2D eigenvalue weighted by Crippen LogP contribution is -2.45. The van der Waals surface area contributed by atoms with Gasteiger partial charge in [0.1, 0.15) is 36.3 Å². The Morgan fingerprint density at radius 2 is 1.89 bits per heavy atom. The van der Waals surface area contributed by atoms with Crippen molar-refractivity contribution in [3.8, 4) is 12.3 Å². The number of aromatic nitrogens is 8. The maximum Gasteiger partial charge on any atom is 0.325 e. The zero-order valence-corrected chi connectivity index (χ0v) is 27.0. The van der Waals surface area contributed by atoms with Crippen molar-refractivity contribution in [2.45, 2.75) is 48.6 Å². The fraction of sp³-hybridized carbons (Fsp3) is 0.455. The van der Waals surface area contributed by atoms with E-state index < -0.39 is 81.3 Å². The minimum atomic E-state index is -4.50. The van der Waals surface area contributed by atoms with Gasteiger partial charge in [-0.05, 0) is 23.6 Å². The average molecular weight is 735 g/mol. The number of fused-ring (bicyclic) bond motifs is 2. The van der Waals surface area contributed by atoms with Gasteiger partial charge in [0.25, 0.3) is 5.56 Å². The van der Waals surface area contributed by atoms with E-state index in [1.165, 1.54) is 10.9 Å². The van der Waals surface area contributed by atoms with Crippen LogP contribution in [0, 0.1) is 12.3 Å². The van der Waals surface area contributed by atoms with Crippen LogP contribution in [-0.4, -0.2) is 108 Å². The molecule has 2 unspecified atom stereocenters. The second-order valence-corrected chi connectivity index (χ2v) is 14.9. The lowest BCUT2D eigenvalue weighted by Gasteiger charge is -2.30. The molecule has 20 nitrogen and oxygen atoms in total. The second kappa shape index (κ2) is 12.8. The van der Waals surface area contributed by atoms with Gasteiger partial charge in [0.2, 0.25) is 5.95 Å². The summed E-state index contributed by atoms with van der Waals surface area (Å²) in [6.07, 6.45) is -2.34. The van der Waals surface area contributed by atoms with Gasteiger partial charge < -0.3 is 50.0 Å². The minimum absolute atomic E-state index is 0.0530. The third kappa shape index (κ3) is 6.17. The lowest BCUT2D eigenvalue weighted by molar-refractivity contribution is -0.0908. The van der Waals surface area contributed by atoms with Gasteiger partial charge in [-0.1, -0.05) is 5.92 Å². The maximum atomic E-state index is 15.9. The number of nitrogens with zero attached hydrogens (tertiary/aromatic N) is 7. The molecule has 2 aliphatic rings. The van der Waals surface area contributed by atoms with E-state index in [1.807, 2.05) is 0 Å². The highest BCUT2D eigenvalue weighted by atomic mass is 32.5. The number of aliphatic hydroxyl groups is 2. The Morgan fingerprint density at radius 1 is 1.19 bits per heavy atom. The van der Waals surface area contributed by atoms with E-state index in [0.29, 0.717) is 0 Å². The molecule has 47 heavy (non-hydrogen) atoms. The van der Waals surface area contributed by atoms with E-state index in [-0.39, 0.29) is 34.1 Å². The van der Waals surface area contributed by atoms with E-state index in [9.17, 15) is 24.8 Å². The Labute approximate surface area is 272 Å². The van der Waals surface area contributed by atoms with Crippen LogP contribution in [0.1, 0.15) is 12.5 Å². The van der Waals surface area contributed by atoms with Gasteiger partial charge in [-0.25, -0.2) is 24.3 Å². The highest BCUT2D eigenvalue weighted by Crippen LogP contribution is 2.52. The molecular weight excluding hydrogens is 709 g/mol. The molecule has 6 heterocycles. The number of rotatable bonds is 10. The molecule has 25 heteroatoms. The molecule has 0 bridgehead atoms. The van der Waals surface area contributed by atoms with Gasteiger partial charge in [0, 0.05) is 0 Å². The van der Waals surface area contributed by atoms with Crippen molar-refractivity contribution in [1.82, 2.24) is 39.0 Å². The van der Waals surface area contributed by atoms with Gasteiger partial charge in [0.15, 0.2) is 54.0 Å². The zero-order chi connectivity index (χ0) is 33.8. The Balaban J connectivity index is 1.25. The standard InChI is InChI=1S/C22H25FN10O10P2S2/c1-2-22(14(35)12(34)19(42-22)32-6-28-10-15(24)26-5-27-16(10)32)4-40-45(38,47)43-13-9(23)8(3-39-44(37)46)41-20(13)33-7-29-11-17(33)30-21(25)31-18(11)36/h1,5-9,12-14,19-20,34-35,44H,3-4H2,(H,37,46)(H,38,47)(H2,24,26,27)(H3,25,30,31,36)/t8-,9+,12-,13-,14+,19-,20-,22-,45?/m1/s1. The van der Waals surface area contributed by atoms with Crippen LogP contribution in [0.25, 0.3) is 22.3 Å². The van der Waals surface area contributed by atoms with Crippen molar-refractivity contribution in [2.75, 3.05) is 24.7 Å². The molecule has 0 amide bonds. The number of terminal acetylenes is 1. The summed E-state index contributed by atoms with van der Waals surface area (Å²) < 4.78 is 46.0. The first kappa shape index (κ1) is 33.8. The van der Waals surface area contributed by atoms with Crippen LogP contribution < -0.4 is 17.0 Å². The van der Waals surface area contributed by atoms with Crippen molar-refractivity contribution in [1.29, 1.82) is 0 Å². The number of hydrogen-bond donors (Lipinski definition) is 7. The molecule has 0 aliphatic carbocycles. The van der Waals surface area contributed by atoms with Gasteiger partial charge in [-0.15, -0.1) is 6.42 Å². The van der Waals surface area contributed by atoms with E-state index in [2.05, 4.69) is 47.6 Å². The molecule has 2 saturated heterocycles. The average Bonchev–Trinajstić information content (AvgIpc) is 3.77. The van der Waals surface area contributed by atoms with Crippen LogP contribution >= 0.6 is 13.9 Å². The molecule has 0 aromatic carbocycles. The number of imidazole rings is 2. The minimum Gasteiger partial charge on any atom is -0.386 e. The number of nitrogen functional groups attached to an aromatic ring is 2. The van der Waals surface area contributed by atoms with Crippen LogP contribution in [0.3, 0.4) is 0 Å².